The van der Waals surface area contributed by atoms with Crippen LogP contribution < -0.4 is 5.56 Å². The topological polar surface area (TPSA) is 111 Å². The van der Waals surface area contributed by atoms with Gasteiger partial charge < -0.3 is 5.11 Å². The molecule has 0 bridgehead atoms. The van der Waals surface area contributed by atoms with Crippen molar-refractivity contribution >= 4 is 28.4 Å². The Balaban J connectivity index is 1.94. The Morgan fingerprint density at radius 1 is 1.03 bits per heavy atom. The number of rotatable bonds is 4. The molecule has 2 aromatic carbocycles. The van der Waals surface area contributed by atoms with E-state index < -0.39 is 10.5 Å². The van der Waals surface area contributed by atoms with Crippen LogP contribution in [0.15, 0.2) is 82.7 Å². The first-order valence-corrected chi connectivity index (χ1v) is 8.63. The Bertz CT molecular complexity index is 1310. The number of nitro groups is 1. The van der Waals surface area contributed by atoms with Gasteiger partial charge in [-0.3, -0.25) is 19.9 Å². The quantitative estimate of drug-likeness (QED) is 0.326. The fourth-order valence-electron chi connectivity index (χ4n) is 3.01. The van der Waals surface area contributed by atoms with E-state index in [0.29, 0.717) is 22.0 Å². The number of aliphatic imine (C=N–C) groups is 1. The number of pyridine rings is 2. The lowest BCUT2D eigenvalue weighted by molar-refractivity contribution is -0.384. The maximum absolute atomic E-state index is 12.9. The zero-order valence-electron chi connectivity index (χ0n) is 15.0. The van der Waals surface area contributed by atoms with Crippen molar-refractivity contribution in [2.24, 2.45) is 4.99 Å². The van der Waals surface area contributed by atoms with Crippen LogP contribution in [0.5, 0.6) is 5.88 Å². The molecule has 29 heavy (non-hydrogen) atoms. The van der Waals surface area contributed by atoms with Crippen LogP contribution in [0, 0.1) is 10.1 Å². The third-order valence-electron chi connectivity index (χ3n) is 4.37. The van der Waals surface area contributed by atoms with Crippen LogP contribution in [0.25, 0.3) is 16.6 Å². The van der Waals surface area contributed by atoms with E-state index in [1.165, 1.54) is 30.6 Å². The number of hydrogen-bond donors (Lipinski definition) is 1. The monoisotopic (exact) mass is 386 g/mol. The van der Waals surface area contributed by atoms with Crippen LogP contribution >= 0.6 is 0 Å². The van der Waals surface area contributed by atoms with Crippen LogP contribution in [0.4, 0.5) is 11.4 Å². The van der Waals surface area contributed by atoms with Crippen molar-refractivity contribution in [1.82, 2.24) is 9.55 Å². The standard InChI is InChI=1S/C21H14N4O4/c26-20-17-9-2-1-8-16(17)18(21(27)24(20)19-10-3-4-11-22-19)13-23-14-6-5-7-15(12-14)25(28)29/h1-13,27H. The van der Waals surface area contributed by atoms with Crippen LogP contribution in [-0.4, -0.2) is 25.8 Å². The van der Waals surface area contributed by atoms with E-state index in [2.05, 4.69) is 9.98 Å². The number of hydrogen-bond acceptors (Lipinski definition) is 6. The molecule has 0 amide bonds. The SMILES string of the molecule is O=c1c2ccccc2c(C=Nc2cccc([N+](=O)[O-])c2)c(O)n1-c1ccccn1. The lowest BCUT2D eigenvalue weighted by Crippen LogP contribution is -2.20. The number of benzene rings is 2. The normalized spacial score (nSPS) is 11.2. The second-order valence-corrected chi connectivity index (χ2v) is 6.15. The number of aromatic nitrogens is 2. The van der Waals surface area contributed by atoms with Crippen LogP contribution in [0.3, 0.4) is 0 Å². The minimum absolute atomic E-state index is 0.0906. The largest absolute Gasteiger partial charge is 0.494 e. The summed E-state index contributed by atoms with van der Waals surface area (Å²) < 4.78 is 1.11. The van der Waals surface area contributed by atoms with Gasteiger partial charge in [0.2, 0.25) is 5.88 Å². The van der Waals surface area contributed by atoms with Gasteiger partial charge in [-0.15, -0.1) is 0 Å². The highest BCUT2D eigenvalue weighted by molar-refractivity contribution is 6.02. The van der Waals surface area contributed by atoms with Gasteiger partial charge in [0.1, 0.15) is 5.82 Å². The van der Waals surface area contributed by atoms with E-state index in [0.717, 1.165) is 4.57 Å². The first-order valence-electron chi connectivity index (χ1n) is 8.63. The van der Waals surface area contributed by atoms with Crippen LogP contribution in [0.2, 0.25) is 0 Å². The molecule has 0 fully saturated rings. The van der Waals surface area contributed by atoms with Crippen molar-refractivity contribution in [2.75, 3.05) is 0 Å². The van der Waals surface area contributed by atoms with E-state index in [9.17, 15) is 20.0 Å². The molecule has 0 radical (unpaired) electrons. The summed E-state index contributed by atoms with van der Waals surface area (Å²) in [5.74, 6) is -0.0488. The van der Waals surface area contributed by atoms with Crippen LogP contribution in [0.1, 0.15) is 5.56 Å². The zero-order valence-corrected chi connectivity index (χ0v) is 15.0. The Kier molecular flexibility index (Phi) is 4.58. The van der Waals surface area contributed by atoms with Gasteiger partial charge in [0.15, 0.2) is 0 Å². The van der Waals surface area contributed by atoms with Gasteiger partial charge in [-0.1, -0.05) is 30.3 Å². The molecule has 0 aliphatic rings. The highest BCUT2D eigenvalue weighted by atomic mass is 16.6. The molecule has 8 heteroatoms. The molecular weight excluding hydrogens is 372 g/mol. The molecule has 0 aliphatic heterocycles. The summed E-state index contributed by atoms with van der Waals surface area (Å²) in [6.07, 6.45) is 2.91. The Morgan fingerprint density at radius 3 is 2.52 bits per heavy atom. The number of nitro benzene ring substituents is 1. The number of fused-ring (bicyclic) bond motifs is 1. The number of nitrogens with zero attached hydrogens (tertiary/aromatic N) is 4. The molecule has 8 nitrogen and oxygen atoms in total. The van der Waals surface area contributed by atoms with Gasteiger partial charge in [-0.2, -0.15) is 0 Å². The number of aromatic hydroxyl groups is 1. The van der Waals surface area contributed by atoms with Crippen molar-refractivity contribution in [1.29, 1.82) is 0 Å². The zero-order chi connectivity index (χ0) is 20.4. The molecule has 0 spiro atoms. The minimum Gasteiger partial charge on any atom is -0.494 e. The Labute approximate surface area is 164 Å². The van der Waals surface area contributed by atoms with Crippen molar-refractivity contribution in [3.05, 3.63) is 99.0 Å². The summed E-state index contributed by atoms with van der Waals surface area (Å²) in [5.41, 5.74) is 0.145. The molecule has 0 unspecified atom stereocenters. The molecule has 142 valence electrons. The van der Waals surface area contributed by atoms with Crippen molar-refractivity contribution in [3.8, 4) is 11.7 Å². The molecule has 4 aromatic rings. The predicted molar refractivity (Wildman–Crippen MR) is 109 cm³/mol. The third-order valence-corrected chi connectivity index (χ3v) is 4.37. The lowest BCUT2D eigenvalue weighted by atomic mass is 10.1. The average molecular weight is 386 g/mol. The van der Waals surface area contributed by atoms with Crippen molar-refractivity contribution in [3.63, 3.8) is 0 Å². The summed E-state index contributed by atoms with van der Waals surface area (Å²) in [7, 11) is 0. The summed E-state index contributed by atoms with van der Waals surface area (Å²) in [4.78, 5) is 31.8. The molecule has 4 rings (SSSR count). The summed E-state index contributed by atoms with van der Waals surface area (Å²) in [6.45, 7) is 0. The van der Waals surface area contributed by atoms with E-state index >= 15 is 0 Å². The number of non-ortho nitro benzene ring substituents is 1. The maximum Gasteiger partial charge on any atom is 0.271 e. The van der Waals surface area contributed by atoms with Gasteiger partial charge in [0.05, 0.1) is 16.2 Å². The van der Waals surface area contributed by atoms with Crippen molar-refractivity contribution in [2.45, 2.75) is 0 Å². The van der Waals surface area contributed by atoms with Gasteiger partial charge >= 0.3 is 0 Å². The second kappa shape index (κ2) is 7.35. The molecular formula is C21H14N4O4. The highest BCUT2D eigenvalue weighted by Gasteiger charge is 2.16. The maximum atomic E-state index is 12.9. The summed E-state index contributed by atoms with van der Waals surface area (Å²) in [5, 5.41) is 22.7. The molecule has 0 atom stereocenters. The van der Waals surface area contributed by atoms with Crippen LogP contribution in [-0.2, 0) is 0 Å². The molecule has 2 aromatic heterocycles. The fraction of sp³-hybridized carbons (Fsp3) is 0. The predicted octanol–water partition coefficient (Wildman–Crippen LogP) is 3.75. The minimum atomic E-state index is -0.507. The molecule has 0 saturated carbocycles. The first-order chi connectivity index (χ1) is 14.1. The second-order valence-electron chi connectivity index (χ2n) is 6.15. The fourth-order valence-corrected chi connectivity index (χ4v) is 3.01. The van der Waals surface area contributed by atoms with Gasteiger partial charge in [0.25, 0.3) is 11.2 Å². The molecule has 0 saturated heterocycles. The molecule has 2 heterocycles. The molecule has 1 N–H and O–H groups in total. The van der Waals surface area contributed by atoms with E-state index in [4.69, 9.17) is 0 Å². The summed E-state index contributed by atoms with van der Waals surface area (Å²) >= 11 is 0. The third kappa shape index (κ3) is 3.34. The van der Waals surface area contributed by atoms with Gasteiger partial charge in [-0.25, -0.2) is 9.55 Å². The average Bonchev–Trinajstić information content (AvgIpc) is 2.75. The highest BCUT2D eigenvalue weighted by Crippen LogP contribution is 2.26. The van der Waals surface area contributed by atoms with Gasteiger partial charge in [-0.05, 0) is 24.3 Å². The molecule has 0 aliphatic carbocycles. The van der Waals surface area contributed by atoms with Crippen molar-refractivity contribution < 1.29 is 10.0 Å². The Morgan fingerprint density at radius 2 is 1.79 bits per heavy atom. The van der Waals surface area contributed by atoms with Gasteiger partial charge in [0, 0.05) is 35.3 Å². The first kappa shape index (κ1) is 18.1. The van der Waals surface area contributed by atoms with E-state index in [1.807, 2.05) is 0 Å². The summed E-state index contributed by atoms with van der Waals surface area (Å²) in [6, 6.07) is 17.7. The van der Waals surface area contributed by atoms with E-state index in [1.54, 1.807) is 48.5 Å². The smallest absolute Gasteiger partial charge is 0.271 e. The van der Waals surface area contributed by atoms with E-state index in [-0.39, 0.29) is 17.4 Å². The lowest BCUT2D eigenvalue weighted by Gasteiger charge is -2.12. The Hall–Kier alpha value is -4.33.